The molecule has 242 valence electrons. The van der Waals surface area contributed by atoms with E-state index in [2.05, 4.69) is 143 Å². The summed E-state index contributed by atoms with van der Waals surface area (Å²) < 4.78 is 4.80. The third-order valence-corrected chi connectivity index (χ3v) is 9.38. The van der Waals surface area contributed by atoms with Crippen LogP contribution in [0.2, 0.25) is 0 Å². The van der Waals surface area contributed by atoms with Gasteiger partial charge in [-0.15, -0.1) is 0 Å². The van der Waals surface area contributed by atoms with Crippen molar-refractivity contribution in [3.63, 3.8) is 0 Å². The number of nitrogens with zero attached hydrogens (tertiary/aromatic N) is 2. The minimum absolute atomic E-state index is 0.640. The molecule has 9 aromatic rings. The van der Waals surface area contributed by atoms with Crippen LogP contribution in [0.25, 0.3) is 60.7 Å². The minimum Gasteiger partial charge on any atom is -0.398 e. The summed E-state index contributed by atoms with van der Waals surface area (Å²) in [6, 6.07) is 61.8. The highest BCUT2D eigenvalue weighted by Crippen LogP contribution is 2.36. The maximum Gasteiger partial charge on any atom is 0.0541 e. The number of rotatable bonds is 6. The third-order valence-electron chi connectivity index (χ3n) is 9.38. The van der Waals surface area contributed by atoms with E-state index < -0.39 is 0 Å². The van der Waals surface area contributed by atoms with Gasteiger partial charge in [-0.25, -0.2) is 0 Å². The van der Waals surface area contributed by atoms with Gasteiger partial charge in [-0.2, -0.15) is 0 Å². The summed E-state index contributed by atoms with van der Waals surface area (Å²) in [4.78, 5) is 0. The highest BCUT2D eigenvalue weighted by molar-refractivity contribution is 6.10. The first-order valence-corrected chi connectivity index (χ1v) is 17.1. The Morgan fingerprint density at radius 1 is 0.440 bits per heavy atom. The Kier molecular flexibility index (Phi) is 8.44. The molecule has 0 amide bonds. The average Bonchev–Trinajstić information content (AvgIpc) is 3.71. The molecular formula is C46H38N4. The molecule has 0 saturated carbocycles. The molecule has 0 bridgehead atoms. The summed E-state index contributed by atoms with van der Waals surface area (Å²) in [5.41, 5.74) is 23.2. The Labute approximate surface area is 292 Å². The van der Waals surface area contributed by atoms with Crippen LogP contribution in [0.3, 0.4) is 0 Å². The van der Waals surface area contributed by atoms with Crippen LogP contribution in [-0.2, 0) is 13.0 Å². The summed E-state index contributed by atoms with van der Waals surface area (Å²) in [5.74, 6) is 0. The first-order chi connectivity index (χ1) is 24.7. The molecule has 4 N–H and O–H groups in total. The van der Waals surface area contributed by atoms with E-state index in [1.807, 2.05) is 48.5 Å². The number of hydrogen-bond donors (Lipinski definition) is 2. The predicted molar refractivity (Wildman–Crippen MR) is 212 cm³/mol. The lowest BCUT2D eigenvalue weighted by molar-refractivity contribution is 1.07. The van der Waals surface area contributed by atoms with E-state index in [9.17, 15) is 0 Å². The molecule has 0 atom stereocenters. The molecule has 2 heterocycles. The van der Waals surface area contributed by atoms with Crippen molar-refractivity contribution in [1.82, 2.24) is 9.13 Å². The molecular weight excluding hydrogens is 609 g/mol. The molecule has 0 aliphatic carbocycles. The van der Waals surface area contributed by atoms with E-state index in [4.69, 9.17) is 11.5 Å². The van der Waals surface area contributed by atoms with Crippen LogP contribution in [0.1, 0.15) is 16.7 Å². The van der Waals surface area contributed by atoms with Crippen molar-refractivity contribution in [2.24, 2.45) is 11.5 Å². The fourth-order valence-electron chi connectivity index (χ4n) is 7.02. The van der Waals surface area contributed by atoms with E-state index in [1.54, 1.807) is 0 Å². The van der Waals surface area contributed by atoms with Gasteiger partial charge in [0.05, 0.1) is 22.1 Å². The smallest absolute Gasteiger partial charge is 0.0541 e. The first-order valence-electron chi connectivity index (χ1n) is 17.1. The largest absolute Gasteiger partial charge is 0.398 e. The second kappa shape index (κ2) is 13.6. The van der Waals surface area contributed by atoms with Crippen LogP contribution in [-0.4, -0.2) is 9.13 Å². The number of hydrogen-bond acceptors (Lipinski definition) is 2. The van der Waals surface area contributed by atoms with Gasteiger partial charge in [0.15, 0.2) is 0 Å². The second-order valence-corrected chi connectivity index (χ2v) is 12.5. The summed E-state index contributed by atoms with van der Waals surface area (Å²) in [6.45, 7) is 0.640. The standard InChI is InChI=1S/C39H29N3.C7H9N/c40-35(28-12-2-1-3-13-28)23-22-27-24-29(41-36-18-8-4-14-31(36)32-15-5-9-19-37(32)41)26-30(25-27)42-38-20-10-6-16-33(38)34-17-7-11-21-39(34)42;8-6-7-4-2-1-3-5-7/h1-21,23-26H,22,40H2;1-5H,6,8H2/b35-23-;. The number of benzene rings is 7. The molecule has 2 aromatic heterocycles. The lowest BCUT2D eigenvalue weighted by Gasteiger charge is -2.15. The molecule has 7 aromatic carbocycles. The molecule has 0 fully saturated rings. The van der Waals surface area contributed by atoms with Crippen LogP contribution in [0.15, 0.2) is 182 Å². The van der Waals surface area contributed by atoms with Gasteiger partial charge in [0.25, 0.3) is 0 Å². The lowest BCUT2D eigenvalue weighted by atomic mass is 10.1. The van der Waals surface area contributed by atoms with Gasteiger partial charge >= 0.3 is 0 Å². The Hall–Kier alpha value is -6.36. The minimum atomic E-state index is 0.640. The molecule has 0 aliphatic rings. The number of nitrogens with two attached hydrogens (primary N) is 2. The third kappa shape index (κ3) is 5.83. The van der Waals surface area contributed by atoms with Crippen molar-refractivity contribution in [3.05, 3.63) is 199 Å². The number of para-hydroxylation sites is 4. The molecule has 4 heteroatoms. The van der Waals surface area contributed by atoms with E-state index in [-0.39, 0.29) is 0 Å². The molecule has 4 nitrogen and oxygen atoms in total. The van der Waals surface area contributed by atoms with Gasteiger partial charge in [0, 0.05) is 45.2 Å². The van der Waals surface area contributed by atoms with Crippen LogP contribution < -0.4 is 11.5 Å². The number of fused-ring (bicyclic) bond motifs is 6. The van der Waals surface area contributed by atoms with E-state index in [0.29, 0.717) is 6.54 Å². The van der Waals surface area contributed by atoms with E-state index in [1.165, 1.54) is 54.7 Å². The van der Waals surface area contributed by atoms with E-state index in [0.717, 1.165) is 29.1 Å². The van der Waals surface area contributed by atoms with Gasteiger partial charge in [-0.05, 0) is 65.6 Å². The van der Waals surface area contributed by atoms with Crippen molar-refractivity contribution < 1.29 is 0 Å². The molecule has 50 heavy (non-hydrogen) atoms. The van der Waals surface area contributed by atoms with Gasteiger partial charge in [-0.3, -0.25) is 0 Å². The molecule has 0 unspecified atom stereocenters. The zero-order chi connectivity index (χ0) is 33.9. The lowest BCUT2D eigenvalue weighted by Crippen LogP contribution is -2.02. The topological polar surface area (TPSA) is 61.9 Å². The fourth-order valence-corrected chi connectivity index (χ4v) is 7.02. The quantitative estimate of drug-likeness (QED) is 0.189. The molecule has 9 rings (SSSR count). The van der Waals surface area contributed by atoms with Gasteiger partial charge in [-0.1, -0.05) is 140 Å². The molecule has 0 radical (unpaired) electrons. The van der Waals surface area contributed by atoms with Crippen LogP contribution in [0, 0.1) is 0 Å². The van der Waals surface area contributed by atoms with E-state index >= 15 is 0 Å². The maximum absolute atomic E-state index is 6.56. The Bertz CT molecular complexity index is 2370. The molecule has 0 spiro atoms. The zero-order valence-corrected chi connectivity index (χ0v) is 27.8. The van der Waals surface area contributed by atoms with Gasteiger partial charge in [0.2, 0.25) is 0 Å². The van der Waals surface area contributed by atoms with Crippen LogP contribution in [0.4, 0.5) is 0 Å². The molecule has 0 saturated heterocycles. The van der Waals surface area contributed by atoms with Crippen LogP contribution >= 0.6 is 0 Å². The highest BCUT2D eigenvalue weighted by Gasteiger charge is 2.16. The molecule has 0 aliphatic heterocycles. The summed E-state index contributed by atoms with van der Waals surface area (Å²) in [6.07, 6.45) is 2.85. The Balaban J connectivity index is 0.000000400. The summed E-state index contributed by atoms with van der Waals surface area (Å²) in [7, 11) is 0. The van der Waals surface area contributed by atoms with Crippen molar-refractivity contribution in [3.8, 4) is 11.4 Å². The second-order valence-electron chi connectivity index (χ2n) is 12.5. The van der Waals surface area contributed by atoms with Crippen molar-refractivity contribution >= 4 is 49.3 Å². The first kappa shape index (κ1) is 30.9. The highest BCUT2D eigenvalue weighted by atomic mass is 15.0. The zero-order valence-electron chi connectivity index (χ0n) is 27.8. The fraction of sp³-hybridized carbons (Fsp3) is 0.0435. The normalized spacial score (nSPS) is 11.7. The number of allylic oxidation sites excluding steroid dienone is 1. The maximum atomic E-state index is 6.56. The van der Waals surface area contributed by atoms with Gasteiger partial charge < -0.3 is 20.6 Å². The Morgan fingerprint density at radius 3 is 1.22 bits per heavy atom. The Morgan fingerprint density at radius 2 is 0.820 bits per heavy atom. The van der Waals surface area contributed by atoms with Crippen LogP contribution in [0.5, 0.6) is 0 Å². The SMILES string of the molecule is N/C(=C\Cc1cc(-n2c3ccccc3c3ccccc32)cc(-n2c3ccccc3c3ccccc32)c1)c1ccccc1.NCc1ccccc1. The number of aromatic nitrogens is 2. The predicted octanol–water partition coefficient (Wildman–Crippen LogP) is 10.6. The summed E-state index contributed by atoms with van der Waals surface area (Å²) in [5, 5.41) is 5.02. The van der Waals surface area contributed by atoms with Crippen molar-refractivity contribution in [2.75, 3.05) is 0 Å². The van der Waals surface area contributed by atoms with Gasteiger partial charge in [0.1, 0.15) is 0 Å². The van der Waals surface area contributed by atoms with Crippen molar-refractivity contribution in [2.45, 2.75) is 13.0 Å². The summed E-state index contributed by atoms with van der Waals surface area (Å²) >= 11 is 0. The van der Waals surface area contributed by atoms with Crippen molar-refractivity contribution in [1.29, 1.82) is 0 Å². The monoisotopic (exact) mass is 646 g/mol. The average molecular weight is 647 g/mol.